The van der Waals surface area contributed by atoms with Crippen molar-refractivity contribution in [1.29, 1.82) is 0 Å². The van der Waals surface area contributed by atoms with Crippen LogP contribution in [0, 0.1) is 5.82 Å². The van der Waals surface area contributed by atoms with E-state index >= 15 is 0 Å². The molecule has 0 bridgehead atoms. The number of aryl methyl sites for hydroxylation is 1. The number of carbonyl (C=O) groups excluding carboxylic acids is 1. The largest absolute Gasteiger partial charge is 0.352 e. The van der Waals surface area contributed by atoms with E-state index in [1.54, 1.807) is 12.1 Å². The zero-order chi connectivity index (χ0) is 20.8. The van der Waals surface area contributed by atoms with Crippen LogP contribution in [0.4, 0.5) is 4.39 Å². The third kappa shape index (κ3) is 4.81. The van der Waals surface area contributed by atoms with Crippen LogP contribution in [0.15, 0.2) is 91.1 Å². The highest BCUT2D eigenvalue weighted by molar-refractivity contribution is 5.76. The van der Waals surface area contributed by atoms with Crippen LogP contribution in [-0.4, -0.2) is 15.7 Å². The summed E-state index contributed by atoms with van der Waals surface area (Å²) >= 11 is 0. The Labute approximate surface area is 175 Å². The van der Waals surface area contributed by atoms with Crippen molar-refractivity contribution in [2.75, 3.05) is 0 Å². The maximum absolute atomic E-state index is 13.0. The molecule has 4 aromatic rings. The van der Waals surface area contributed by atoms with Crippen LogP contribution in [0.2, 0.25) is 0 Å². The van der Waals surface area contributed by atoms with E-state index in [9.17, 15) is 9.18 Å². The van der Waals surface area contributed by atoms with Gasteiger partial charge in [-0.05, 0) is 41.8 Å². The van der Waals surface area contributed by atoms with E-state index in [1.807, 2.05) is 71.5 Å². The van der Waals surface area contributed by atoms with Gasteiger partial charge in [0.05, 0.1) is 11.4 Å². The predicted molar refractivity (Wildman–Crippen MR) is 116 cm³/mol. The van der Waals surface area contributed by atoms with Crippen molar-refractivity contribution >= 4 is 5.91 Å². The van der Waals surface area contributed by atoms with E-state index < -0.39 is 0 Å². The molecular weight excluding hydrogens is 377 g/mol. The van der Waals surface area contributed by atoms with Gasteiger partial charge in [0.25, 0.3) is 0 Å². The van der Waals surface area contributed by atoms with Gasteiger partial charge in [-0.25, -0.2) is 9.07 Å². The first-order valence-corrected chi connectivity index (χ1v) is 9.89. The van der Waals surface area contributed by atoms with Crippen LogP contribution in [0.3, 0.4) is 0 Å². The van der Waals surface area contributed by atoms with E-state index in [2.05, 4.69) is 5.32 Å². The summed E-state index contributed by atoms with van der Waals surface area (Å²) < 4.78 is 14.9. The lowest BCUT2D eigenvalue weighted by Crippen LogP contribution is -2.23. The molecule has 0 atom stereocenters. The monoisotopic (exact) mass is 399 g/mol. The second kappa shape index (κ2) is 9.18. The number of nitrogens with one attached hydrogen (secondary N) is 1. The Kier molecular flexibility index (Phi) is 5.99. The Balaban J connectivity index is 1.47. The molecule has 0 saturated heterocycles. The van der Waals surface area contributed by atoms with Gasteiger partial charge in [0.15, 0.2) is 0 Å². The fraction of sp³-hybridized carbons (Fsp3) is 0.120. The van der Waals surface area contributed by atoms with Gasteiger partial charge >= 0.3 is 0 Å². The highest BCUT2D eigenvalue weighted by atomic mass is 19.1. The Hall–Kier alpha value is -3.73. The molecule has 1 heterocycles. The molecule has 0 radical (unpaired) electrons. The van der Waals surface area contributed by atoms with Crippen LogP contribution in [-0.2, 0) is 17.8 Å². The average molecular weight is 399 g/mol. The molecule has 30 heavy (non-hydrogen) atoms. The Bertz CT molecular complexity index is 1110. The van der Waals surface area contributed by atoms with Gasteiger partial charge in [-0.15, -0.1) is 0 Å². The van der Waals surface area contributed by atoms with Gasteiger partial charge in [0.2, 0.25) is 5.91 Å². The summed E-state index contributed by atoms with van der Waals surface area (Å²) in [6, 6.07) is 26.0. The van der Waals surface area contributed by atoms with E-state index in [0.29, 0.717) is 19.4 Å². The maximum Gasteiger partial charge on any atom is 0.220 e. The number of hydrogen-bond acceptors (Lipinski definition) is 2. The van der Waals surface area contributed by atoms with Gasteiger partial charge in [-0.2, -0.15) is 5.10 Å². The molecule has 1 N–H and O–H groups in total. The molecule has 5 heteroatoms. The molecule has 0 unspecified atom stereocenters. The lowest BCUT2D eigenvalue weighted by atomic mass is 10.0. The molecule has 1 amide bonds. The number of rotatable bonds is 7. The van der Waals surface area contributed by atoms with Gasteiger partial charge in [-0.1, -0.05) is 60.7 Å². The van der Waals surface area contributed by atoms with Crippen molar-refractivity contribution < 1.29 is 9.18 Å². The topological polar surface area (TPSA) is 46.9 Å². The quantitative estimate of drug-likeness (QED) is 0.479. The van der Waals surface area contributed by atoms with Crippen molar-refractivity contribution in [2.45, 2.75) is 19.4 Å². The normalized spacial score (nSPS) is 10.7. The molecule has 4 nitrogen and oxygen atoms in total. The lowest BCUT2D eigenvalue weighted by Gasteiger charge is -2.06. The number of hydrogen-bond donors (Lipinski definition) is 1. The second-order valence-corrected chi connectivity index (χ2v) is 7.05. The minimum Gasteiger partial charge on any atom is -0.352 e. The predicted octanol–water partition coefficient (Wildman–Crippen LogP) is 4.93. The van der Waals surface area contributed by atoms with Crippen LogP contribution >= 0.6 is 0 Å². The van der Waals surface area contributed by atoms with Crippen molar-refractivity contribution in [3.05, 3.63) is 108 Å². The minimum atomic E-state index is -0.283. The number of para-hydroxylation sites is 1. The standard InChI is InChI=1S/C25H22FN3O/c26-22-14-11-19(12-15-22)17-27-24(30)16-13-21-18-29(23-9-5-2-6-10-23)28-25(21)20-7-3-1-4-8-20/h1-12,14-15,18H,13,16-17H2,(H,27,30). The van der Waals surface area contributed by atoms with Crippen molar-refractivity contribution in [2.24, 2.45) is 0 Å². The number of carbonyl (C=O) groups is 1. The van der Waals surface area contributed by atoms with Gasteiger partial charge in [-0.3, -0.25) is 4.79 Å². The molecule has 0 aliphatic rings. The molecule has 4 rings (SSSR count). The number of aromatic nitrogens is 2. The number of benzene rings is 3. The molecule has 0 aliphatic carbocycles. The molecule has 0 aliphatic heterocycles. The molecule has 0 saturated carbocycles. The van der Waals surface area contributed by atoms with E-state index in [1.165, 1.54) is 12.1 Å². The molecule has 150 valence electrons. The molecule has 0 spiro atoms. The Morgan fingerprint density at radius 1 is 0.900 bits per heavy atom. The second-order valence-electron chi connectivity index (χ2n) is 7.05. The van der Waals surface area contributed by atoms with Crippen molar-refractivity contribution in [1.82, 2.24) is 15.1 Å². The highest BCUT2D eigenvalue weighted by Crippen LogP contribution is 2.24. The zero-order valence-electron chi connectivity index (χ0n) is 16.5. The van der Waals surface area contributed by atoms with Crippen LogP contribution in [0.5, 0.6) is 0 Å². The van der Waals surface area contributed by atoms with E-state index in [-0.39, 0.29) is 11.7 Å². The zero-order valence-corrected chi connectivity index (χ0v) is 16.5. The average Bonchev–Trinajstić information content (AvgIpc) is 3.23. The molecular formula is C25H22FN3O. The Morgan fingerprint density at radius 3 is 2.27 bits per heavy atom. The van der Waals surface area contributed by atoms with Crippen LogP contribution < -0.4 is 5.32 Å². The SMILES string of the molecule is O=C(CCc1cn(-c2ccccc2)nc1-c1ccccc1)NCc1ccc(F)cc1. The number of amides is 1. The van der Waals surface area contributed by atoms with Crippen LogP contribution in [0.25, 0.3) is 16.9 Å². The first kappa shape index (κ1) is 19.6. The summed E-state index contributed by atoms with van der Waals surface area (Å²) in [6.45, 7) is 0.383. The van der Waals surface area contributed by atoms with Crippen LogP contribution in [0.1, 0.15) is 17.5 Å². The summed E-state index contributed by atoms with van der Waals surface area (Å²) in [5.41, 5.74) is 4.76. The Morgan fingerprint density at radius 2 is 1.57 bits per heavy atom. The first-order chi connectivity index (χ1) is 14.7. The fourth-order valence-electron chi connectivity index (χ4n) is 3.28. The number of nitrogens with zero attached hydrogens (tertiary/aromatic N) is 2. The maximum atomic E-state index is 13.0. The summed E-state index contributed by atoms with van der Waals surface area (Å²) in [6.07, 6.45) is 2.92. The third-order valence-electron chi connectivity index (χ3n) is 4.88. The third-order valence-corrected chi connectivity index (χ3v) is 4.88. The smallest absolute Gasteiger partial charge is 0.220 e. The summed E-state index contributed by atoms with van der Waals surface area (Å²) in [7, 11) is 0. The molecule has 3 aromatic carbocycles. The fourth-order valence-corrected chi connectivity index (χ4v) is 3.28. The molecule has 1 aromatic heterocycles. The highest BCUT2D eigenvalue weighted by Gasteiger charge is 2.13. The lowest BCUT2D eigenvalue weighted by molar-refractivity contribution is -0.121. The van der Waals surface area contributed by atoms with E-state index in [0.717, 1.165) is 28.1 Å². The summed E-state index contributed by atoms with van der Waals surface area (Å²) in [4.78, 5) is 12.4. The summed E-state index contributed by atoms with van der Waals surface area (Å²) in [5, 5.41) is 7.68. The van der Waals surface area contributed by atoms with Gasteiger partial charge in [0.1, 0.15) is 5.82 Å². The van der Waals surface area contributed by atoms with Gasteiger partial charge in [0, 0.05) is 24.7 Å². The van der Waals surface area contributed by atoms with Crippen molar-refractivity contribution in [3.63, 3.8) is 0 Å². The van der Waals surface area contributed by atoms with E-state index in [4.69, 9.17) is 5.10 Å². The first-order valence-electron chi connectivity index (χ1n) is 9.89. The summed E-state index contributed by atoms with van der Waals surface area (Å²) in [5.74, 6) is -0.334. The number of halogens is 1. The minimum absolute atomic E-state index is 0.0502. The molecule has 0 fully saturated rings. The van der Waals surface area contributed by atoms with Crippen molar-refractivity contribution in [3.8, 4) is 16.9 Å². The van der Waals surface area contributed by atoms with Gasteiger partial charge < -0.3 is 5.32 Å².